The van der Waals surface area contributed by atoms with E-state index in [1.54, 1.807) is 0 Å². The van der Waals surface area contributed by atoms with Crippen LogP contribution in [-0.2, 0) is 0 Å². The normalized spacial score (nSPS) is 12.3. The third-order valence-corrected chi connectivity index (χ3v) is 8.52. The third kappa shape index (κ3) is 2.24. The van der Waals surface area contributed by atoms with Gasteiger partial charge in [-0.05, 0) is 75.6 Å². The lowest BCUT2D eigenvalue weighted by atomic mass is 10.0. The van der Waals surface area contributed by atoms with Crippen molar-refractivity contribution in [3.63, 3.8) is 0 Å². The molecule has 136 valence electrons. The summed E-state index contributed by atoms with van der Waals surface area (Å²) in [5.41, 5.74) is 1.32. The molecule has 0 aliphatic rings. The van der Waals surface area contributed by atoms with E-state index in [1.165, 1.54) is 67.5 Å². The first-order valence-electron chi connectivity index (χ1n) is 9.85. The van der Waals surface area contributed by atoms with Gasteiger partial charge in [0.25, 0.3) is 0 Å². The Morgan fingerprint density at radius 3 is 1.66 bits per heavy atom. The van der Waals surface area contributed by atoms with Gasteiger partial charge in [0, 0.05) is 20.2 Å². The minimum Gasteiger partial charge on any atom is -0.134 e. The fourth-order valence-electron chi connectivity index (χ4n) is 4.56. The summed E-state index contributed by atoms with van der Waals surface area (Å²) in [6.45, 7) is 2.17. The zero-order chi connectivity index (χ0) is 19.1. The highest BCUT2D eigenvalue weighted by Gasteiger charge is 2.14. The van der Waals surface area contributed by atoms with Crippen LogP contribution in [0.15, 0.2) is 78.9 Å². The Morgan fingerprint density at radius 1 is 0.483 bits per heavy atom. The molecule has 0 radical (unpaired) electrons. The van der Waals surface area contributed by atoms with Gasteiger partial charge in [-0.15, -0.1) is 22.7 Å². The summed E-state index contributed by atoms with van der Waals surface area (Å²) in [5, 5.41) is 10.7. The van der Waals surface area contributed by atoms with Crippen molar-refractivity contribution in [1.29, 1.82) is 0 Å². The van der Waals surface area contributed by atoms with Gasteiger partial charge >= 0.3 is 0 Å². The van der Waals surface area contributed by atoms with E-state index >= 15 is 0 Å². The first-order chi connectivity index (χ1) is 14.2. The predicted octanol–water partition coefficient (Wildman–Crippen LogP) is 9.04. The molecule has 0 N–H and O–H groups in total. The number of hydrogen-bond acceptors (Lipinski definition) is 2. The van der Waals surface area contributed by atoms with E-state index in [2.05, 4.69) is 85.8 Å². The standard InChI is InChI=1S/C27H16S2/c1-15-6-7-18-11-22-24(13-19(18)8-15)28-27-23-12-20-9-16-4-2-3-5-17(16)10-21(20)14-25(23)29-26(22)27/h2-14H,1H3. The lowest BCUT2D eigenvalue weighted by molar-refractivity contribution is 1.51. The van der Waals surface area contributed by atoms with Crippen molar-refractivity contribution in [2.75, 3.05) is 0 Å². The maximum atomic E-state index is 2.40. The molecule has 0 aliphatic carbocycles. The van der Waals surface area contributed by atoms with Crippen LogP contribution in [0.5, 0.6) is 0 Å². The van der Waals surface area contributed by atoms with Crippen molar-refractivity contribution in [2.45, 2.75) is 6.92 Å². The molecule has 0 bridgehead atoms. The van der Waals surface area contributed by atoms with E-state index < -0.39 is 0 Å². The average molecular weight is 405 g/mol. The van der Waals surface area contributed by atoms with Crippen molar-refractivity contribution in [3.05, 3.63) is 84.4 Å². The molecule has 5 aromatic carbocycles. The second-order valence-electron chi connectivity index (χ2n) is 7.96. The highest BCUT2D eigenvalue weighted by Crippen LogP contribution is 2.46. The predicted molar refractivity (Wildman–Crippen MR) is 132 cm³/mol. The van der Waals surface area contributed by atoms with Crippen molar-refractivity contribution < 1.29 is 0 Å². The second kappa shape index (κ2) is 5.56. The third-order valence-electron chi connectivity index (χ3n) is 6.02. The summed E-state index contributed by atoms with van der Waals surface area (Å²) in [6.07, 6.45) is 0. The molecule has 2 heterocycles. The number of fused-ring (bicyclic) bond motifs is 8. The molecule has 29 heavy (non-hydrogen) atoms. The first kappa shape index (κ1) is 15.9. The Labute approximate surface area is 175 Å². The van der Waals surface area contributed by atoms with Crippen LogP contribution in [-0.4, -0.2) is 0 Å². The summed E-state index contributed by atoms with van der Waals surface area (Å²) in [4.78, 5) is 0. The second-order valence-corrected chi connectivity index (χ2v) is 10.1. The van der Waals surface area contributed by atoms with Crippen molar-refractivity contribution in [3.8, 4) is 0 Å². The number of rotatable bonds is 0. The van der Waals surface area contributed by atoms with Gasteiger partial charge in [0.15, 0.2) is 0 Å². The summed E-state index contributed by atoms with van der Waals surface area (Å²) >= 11 is 3.88. The van der Waals surface area contributed by atoms with E-state index in [-0.39, 0.29) is 0 Å². The molecule has 0 amide bonds. The smallest absolute Gasteiger partial charge is 0.0542 e. The molecular weight excluding hydrogens is 388 g/mol. The van der Waals surface area contributed by atoms with Gasteiger partial charge in [0.1, 0.15) is 0 Å². The Kier molecular flexibility index (Phi) is 3.06. The molecule has 0 aliphatic heterocycles. The van der Waals surface area contributed by atoms with E-state index in [4.69, 9.17) is 0 Å². The van der Waals surface area contributed by atoms with Gasteiger partial charge in [0.05, 0.1) is 9.40 Å². The highest BCUT2D eigenvalue weighted by molar-refractivity contribution is 7.36. The molecule has 0 saturated carbocycles. The molecule has 0 fully saturated rings. The Balaban J connectivity index is 1.60. The largest absolute Gasteiger partial charge is 0.134 e. The zero-order valence-electron chi connectivity index (χ0n) is 15.8. The average Bonchev–Trinajstić information content (AvgIpc) is 3.24. The molecule has 0 nitrogen and oxygen atoms in total. The first-order valence-corrected chi connectivity index (χ1v) is 11.5. The Hall–Kier alpha value is -2.94. The van der Waals surface area contributed by atoms with Gasteiger partial charge in [-0.3, -0.25) is 0 Å². The van der Waals surface area contributed by atoms with Crippen molar-refractivity contribution >= 4 is 84.6 Å². The molecule has 0 unspecified atom stereocenters. The number of thiophene rings is 2. The van der Waals surface area contributed by atoms with Crippen LogP contribution in [0.4, 0.5) is 0 Å². The molecule has 7 rings (SSSR count). The Morgan fingerprint density at radius 2 is 1.00 bits per heavy atom. The van der Waals surface area contributed by atoms with Crippen molar-refractivity contribution in [2.24, 2.45) is 0 Å². The molecule has 7 aromatic rings. The summed E-state index contributed by atoms with van der Waals surface area (Å²) in [6, 6.07) is 29.6. The number of aryl methyl sites for hydroxylation is 1. The molecular formula is C27H16S2. The number of hydrogen-bond donors (Lipinski definition) is 0. The minimum atomic E-state index is 1.31. The van der Waals surface area contributed by atoms with Crippen LogP contribution in [0.1, 0.15) is 5.56 Å². The summed E-state index contributed by atoms with van der Waals surface area (Å²) < 4.78 is 5.65. The molecule has 2 heteroatoms. The molecule has 0 spiro atoms. The minimum absolute atomic E-state index is 1.31. The zero-order valence-corrected chi connectivity index (χ0v) is 17.5. The van der Waals surface area contributed by atoms with Gasteiger partial charge < -0.3 is 0 Å². The van der Waals surface area contributed by atoms with Crippen LogP contribution >= 0.6 is 22.7 Å². The van der Waals surface area contributed by atoms with Gasteiger partial charge in [-0.2, -0.15) is 0 Å². The van der Waals surface area contributed by atoms with E-state index in [9.17, 15) is 0 Å². The van der Waals surface area contributed by atoms with Gasteiger partial charge in [-0.1, -0.05) is 48.0 Å². The molecule has 2 aromatic heterocycles. The quantitative estimate of drug-likeness (QED) is 0.221. The molecule has 0 saturated heterocycles. The SMILES string of the molecule is Cc1ccc2cc3c(cc2c1)sc1c2cc4cc5ccccc5cc4cc2sc31. The van der Waals surface area contributed by atoms with Gasteiger partial charge in [-0.25, -0.2) is 0 Å². The van der Waals surface area contributed by atoms with Crippen LogP contribution in [0, 0.1) is 6.92 Å². The highest BCUT2D eigenvalue weighted by atomic mass is 32.1. The maximum Gasteiger partial charge on any atom is 0.0542 e. The van der Waals surface area contributed by atoms with Gasteiger partial charge in [0.2, 0.25) is 0 Å². The summed E-state index contributed by atoms with van der Waals surface area (Å²) in [7, 11) is 0. The van der Waals surface area contributed by atoms with Crippen LogP contribution < -0.4 is 0 Å². The Bertz CT molecular complexity index is 1760. The monoisotopic (exact) mass is 404 g/mol. The van der Waals surface area contributed by atoms with Crippen LogP contribution in [0.2, 0.25) is 0 Å². The van der Waals surface area contributed by atoms with E-state index in [1.807, 2.05) is 22.7 Å². The summed E-state index contributed by atoms with van der Waals surface area (Å²) in [5.74, 6) is 0. The fraction of sp³-hybridized carbons (Fsp3) is 0.0370. The number of benzene rings is 5. The topological polar surface area (TPSA) is 0 Å². The van der Waals surface area contributed by atoms with Crippen LogP contribution in [0.3, 0.4) is 0 Å². The van der Waals surface area contributed by atoms with Crippen LogP contribution in [0.25, 0.3) is 61.9 Å². The van der Waals surface area contributed by atoms with E-state index in [0.29, 0.717) is 0 Å². The maximum absolute atomic E-state index is 2.40. The van der Waals surface area contributed by atoms with Crippen molar-refractivity contribution in [1.82, 2.24) is 0 Å². The molecule has 0 atom stereocenters. The lowest BCUT2D eigenvalue weighted by Gasteiger charge is -2.03. The lowest BCUT2D eigenvalue weighted by Crippen LogP contribution is -1.76. The fourth-order valence-corrected chi connectivity index (χ4v) is 7.25. The van der Waals surface area contributed by atoms with E-state index in [0.717, 1.165) is 0 Å².